The lowest BCUT2D eigenvalue weighted by atomic mass is 10.0. The number of aryl methyl sites for hydroxylation is 2. The van der Waals surface area contributed by atoms with Crippen LogP contribution in [-0.4, -0.2) is 0 Å². The van der Waals surface area contributed by atoms with E-state index in [1.807, 2.05) is 13.8 Å². The Morgan fingerprint density at radius 3 is 2.00 bits per heavy atom. The predicted molar refractivity (Wildman–Crippen MR) is 87.3 cm³/mol. The van der Waals surface area contributed by atoms with Gasteiger partial charge in [-0.15, -0.1) is 0 Å². The lowest BCUT2D eigenvalue weighted by molar-refractivity contribution is 1.43. The molecule has 0 amide bonds. The molecule has 0 aliphatic heterocycles. The van der Waals surface area contributed by atoms with Gasteiger partial charge in [0, 0.05) is 0 Å². The molecule has 0 unspecified atom stereocenters. The van der Waals surface area contributed by atoms with E-state index < -0.39 is 0 Å². The Hall–Kier alpha value is -1.82. The van der Waals surface area contributed by atoms with Crippen LogP contribution in [0.2, 0.25) is 0 Å². The molecule has 0 fully saturated rings. The van der Waals surface area contributed by atoms with Gasteiger partial charge in [-0.3, -0.25) is 0 Å². The Balaban J connectivity index is 0.000000861. The molecule has 0 aliphatic carbocycles. The lowest BCUT2D eigenvalue weighted by Gasteiger charge is -2.04. The van der Waals surface area contributed by atoms with Gasteiger partial charge in [-0.1, -0.05) is 74.0 Å². The van der Waals surface area contributed by atoms with Crippen LogP contribution < -0.4 is 0 Å². The second-order valence-electron chi connectivity index (χ2n) is 4.55. The zero-order valence-corrected chi connectivity index (χ0v) is 12.7. The van der Waals surface area contributed by atoms with Gasteiger partial charge in [0.2, 0.25) is 0 Å². The summed E-state index contributed by atoms with van der Waals surface area (Å²) in [6.07, 6.45) is 2.25. The maximum absolute atomic E-state index is 2.25. The summed E-state index contributed by atoms with van der Waals surface area (Å²) in [6, 6.07) is 17.1. The molecule has 2 aromatic rings. The third-order valence-electron chi connectivity index (χ3n) is 3.07. The van der Waals surface area contributed by atoms with E-state index in [1.165, 1.54) is 27.8 Å². The Morgan fingerprint density at radius 2 is 1.42 bits per heavy atom. The van der Waals surface area contributed by atoms with Crippen LogP contribution in [0.3, 0.4) is 0 Å². The molecule has 0 bridgehead atoms. The summed E-state index contributed by atoms with van der Waals surface area (Å²) < 4.78 is 0. The molecule has 0 saturated carbocycles. The SMILES string of the molecule is C/C(=C\c1ccccc1C)c1ccc(C)cc1.CC. The highest BCUT2D eigenvalue weighted by Crippen LogP contribution is 2.19. The average Bonchev–Trinajstić information content (AvgIpc) is 2.44. The van der Waals surface area contributed by atoms with Crippen LogP contribution >= 0.6 is 0 Å². The average molecular weight is 252 g/mol. The zero-order chi connectivity index (χ0) is 14.3. The van der Waals surface area contributed by atoms with E-state index in [1.54, 1.807) is 0 Å². The molecule has 0 spiro atoms. The minimum absolute atomic E-state index is 1.29. The molecule has 0 atom stereocenters. The fourth-order valence-corrected chi connectivity index (χ4v) is 1.88. The minimum Gasteiger partial charge on any atom is -0.0683 e. The zero-order valence-electron chi connectivity index (χ0n) is 12.7. The largest absolute Gasteiger partial charge is 0.0683 e. The number of benzene rings is 2. The molecule has 0 heteroatoms. The summed E-state index contributed by atoms with van der Waals surface area (Å²) in [5, 5.41) is 0. The van der Waals surface area contributed by atoms with Crippen molar-refractivity contribution in [3.05, 3.63) is 70.8 Å². The summed E-state index contributed by atoms with van der Waals surface area (Å²) in [7, 11) is 0. The van der Waals surface area contributed by atoms with E-state index in [2.05, 4.69) is 75.4 Å². The van der Waals surface area contributed by atoms with Crippen LogP contribution in [-0.2, 0) is 0 Å². The molecule has 0 heterocycles. The van der Waals surface area contributed by atoms with Crippen molar-refractivity contribution in [3.8, 4) is 0 Å². The van der Waals surface area contributed by atoms with E-state index in [9.17, 15) is 0 Å². The predicted octanol–water partition coefficient (Wildman–Crippen LogP) is 5.89. The van der Waals surface area contributed by atoms with Gasteiger partial charge in [0.15, 0.2) is 0 Å². The van der Waals surface area contributed by atoms with Crippen LogP contribution in [0.5, 0.6) is 0 Å². The summed E-state index contributed by atoms with van der Waals surface area (Å²) >= 11 is 0. The van der Waals surface area contributed by atoms with Gasteiger partial charge >= 0.3 is 0 Å². The van der Waals surface area contributed by atoms with E-state index >= 15 is 0 Å². The van der Waals surface area contributed by atoms with Gasteiger partial charge in [0.05, 0.1) is 0 Å². The van der Waals surface area contributed by atoms with E-state index in [0.29, 0.717) is 0 Å². The first kappa shape index (κ1) is 15.2. The molecule has 0 aliphatic rings. The first-order chi connectivity index (χ1) is 9.16. The van der Waals surface area contributed by atoms with Crippen LogP contribution in [0.25, 0.3) is 11.6 Å². The monoisotopic (exact) mass is 252 g/mol. The lowest BCUT2D eigenvalue weighted by Crippen LogP contribution is -1.83. The second-order valence-corrected chi connectivity index (χ2v) is 4.55. The fourth-order valence-electron chi connectivity index (χ4n) is 1.88. The summed E-state index contributed by atoms with van der Waals surface area (Å²) in [5.74, 6) is 0. The van der Waals surface area contributed by atoms with Gasteiger partial charge in [-0.25, -0.2) is 0 Å². The van der Waals surface area contributed by atoms with Crippen LogP contribution in [0, 0.1) is 13.8 Å². The van der Waals surface area contributed by atoms with Crippen molar-refractivity contribution in [3.63, 3.8) is 0 Å². The van der Waals surface area contributed by atoms with Crippen molar-refractivity contribution in [1.82, 2.24) is 0 Å². The molecule has 0 nitrogen and oxygen atoms in total. The van der Waals surface area contributed by atoms with E-state index in [-0.39, 0.29) is 0 Å². The van der Waals surface area contributed by atoms with Crippen molar-refractivity contribution in [2.24, 2.45) is 0 Å². The number of rotatable bonds is 2. The maximum Gasteiger partial charge on any atom is -0.0225 e. The molecule has 19 heavy (non-hydrogen) atoms. The number of hydrogen-bond acceptors (Lipinski definition) is 0. The highest BCUT2D eigenvalue weighted by atomic mass is 14.0. The third kappa shape index (κ3) is 4.40. The smallest absolute Gasteiger partial charge is 0.0225 e. The molecule has 0 saturated heterocycles. The van der Waals surface area contributed by atoms with E-state index in [0.717, 1.165) is 0 Å². The standard InChI is InChI=1S/C17H18.C2H6/c1-13-8-10-16(11-9-13)15(3)12-17-7-5-4-6-14(17)2;1-2/h4-12H,1-3H3;1-2H3/b15-12+;. The molecular formula is C19H24. The second kappa shape index (κ2) is 7.58. The van der Waals surface area contributed by atoms with Gasteiger partial charge in [0.1, 0.15) is 0 Å². The van der Waals surface area contributed by atoms with Crippen molar-refractivity contribution < 1.29 is 0 Å². The Bertz CT molecular complexity index is 530. The van der Waals surface area contributed by atoms with Gasteiger partial charge in [-0.2, -0.15) is 0 Å². The molecule has 2 rings (SSSR count). The van der Waals surface area contributed by atoms with Crippen molar-refractivity contribution >= 4 is 11.6 Å². The number of allylic oxidation sites excluding steroid dienone is 1. The first-order valence-corrected chi connectivity index (χ1v) is 6.98. The maximum atomic E-state index is 2.25. The first-order valence-electron chi connectivity index (χ1n) is 6.98. The molecule has 0 radical (unpaired) electrons. The molecule has 100 valence electrons. The van der Waals surface area contributed by atoms with Gasteiger partial charge in [0.25, 0.3) is 0 Å². The van der Waals surface area contributed by atoms with E-state index in [4.69, 9.17) is 0 Å². The van der Waals surface area contributed by atoms with Crippen molar-refractivity contribution in [1.29, 1.82) is 0 Å². The summed E-state index contributed by atoms with van der Waals surface area (Å²) in [4.78, 5) is 0. The topological polar surface area (TPSA) is 0 Å². The Labute approximate surface area is 117 Å². The molecule has 0 aromatic heterocycles. The van der Waals surface area contributed by atoms with Crippen molar-refractivity contribution in [2.75, 3.05) is 0 Å². The summed E-state index contributed by atoms with van der Waals surface area (Å²) in [5.41, 5.74) is 6.51. The molecular weight excluding hydrogens is 228 g/mol. The van der Waals surface area contributed by atoms with Crippen LogP contribution in [0.4, 0.5) is 0 Å². The highest BCUT2D eigenvalue weighted by molar-refractivity contribution is 5.81. The van der Waals surface area contributed by atoms with Gasteiger partial charge in [-0.05, 0) is 43.0 Å². The quantitative estimate of drug-likeness (QED) is 0.584. The Morgan fingerprint density at radius 1 is 0.842 bits per heavy atom. The molecule has 2 aromatic carbocycles. The molecule has 0 N–H and O–H groups in total. The minimum atomic E-state index is 1.29. The fraction of sp³-hybridized carbons (Fsp3) is 0.263. The third-order valence-corrected chi connectivity index (χ3v) is 3.07. The Kier molecular flexibility index (Phi) is 6.08. The van der Waals surface area contributed by atoms with Crippen LogP contribution in [0.1, 0.15) is 43.0 Å². The van der Waals surface area contributed by atoms with Crippen LogP contribution in [0.15, 0.2) is 48.5 Å². The summed E-state index contributed by atoms with van der Waals surface area (Å²) in [6.45, 7) is 10.4. The van der Waals surface area contributed by atoms with Gasteiger partial charge < -0.3 is 0 Å². The number of hydrogen-bond donors (Lipinski definition) is 0. The highest BCUT2D eigenvalue weighted by Gasteiger charge is 1.97. The normalized spacial score (nSPS) is 10.7. The van der Waals surface area contributed by atoms with Crippen molar-refractivity contribution in [2.45, 2.75) is 34.6 Å².